The number of benzene rings is 1. The molecule has 0 spiro atoms. The lowest BCUT2D eigenvalue weighted by atomic mass is 10.1. The van der Waals surface area contributed by atoms with Crippen LogP contribution < -0.4 is 20.3 Å². The predicted molar refractivity (Wildman–Crippen MR) is 126 cm³/mol. The number of hydrogen-bond acceptors (Lipinski definition) is 4. The second-order valence-electron chi connectivity index (χ2n) is 7.65. The van der Waals surface area contributed by atoms with Crippen LogP contribution in [0.1, 0.15) is 27.2 Å². The van der Waals surface area contributed by atoms with Crippen LogP contribution in [0.4, 0.5) is 5.69 Å². The Kier molecular flexibility index (Phi) is 9.66. The molecule has 0 saturated carbocycles. The first-order valence-corrected chi connectivity index (χ1v) is 9.47. The summed E-state index contributed by atoms with van der Waals surface area (Å²) in [6.07, 6.45) is 1.08. The van der Waals surface area contributed by atoms with Gasteiger partial charge in [-0.2, -0.15) is 0 Å². The second-order valence-corrected chi connectivity index (χ2v) is 7.65. The highest BCUT2D eigenvalue weighted by Gasteiger charge is 2.26. The van der Waals surface area contributed by atoms with Gasteiger partial charge in [-0.05, 0) is 53.4 Å². The van der Waals surface area contributed by atoms with Crippen LogP contribution in [0.5, 0.6) is 5.75 Å². The third-order valence-corrected chi connectivity index (χ3v) is 5.13. The lowest BCUT2D eigenvalue weighted by molar-refractivity contribution is 0.204. The number of nitrogens with zero attached hydrogens (tertiary/aromatic N) is 3. The molecular formula is C20H36IN5O. The molecule has 1 saturated heterocycles. The van der Waals surface area contributed by atoms with E-state index in [0.717, 1.165) is 50.0 Å². The standard InChI is InChI=1S/C20H35N5O.HI/c1-7-21-19(22-15-20(2,3)24(4)5)23-16-12-13-25(14-16)17-10-8-9-11-18(17)26-6;/h8-11,16H,7,12-15H2,1-6H3,(H2,21,22,23);1H. The van der Waals surface area contributed by atoms with Crippen LogP contribution in [0.15, 0.2) is 29.3 Å². The Hall–Kier alpha value is -1.22. The van der Waals surface area contributed by atoms with E-state index < -0.39 is 0 Å². The molecule has 1 unspecified atom stereocenters. The molecule has 1 aliphatic heterocycles. The molecule has 2 N–H and O–H groups in total. The molecule has 1 heterocycles. The van der Waals surface area contributed by atoms with Gasteiger partial charge in [0.25, 0.3) is 0 Å². The van der Waals surface area contributed by atoms with Crippen molar-refractivity contribution in [1.82, 2.24) is 15.5 Å². The van der Waals surface area contributed by atoms with Crippen molar-refractivity contribution in [3.05, 3.63) is 24.3 Å². The monoisotopic (exact) mass is 489 g/mol. The van der Waals surface area contributed by atoms with Gasteiger partial charge in [0.05, 0.1) is 19.3 Å². The molecule has 0 amide bonds. The number of nitrogens with one attached hydrogen (secondary N) is 2. The number of anilines is 1. The molecule has 0 aromatic heterocycles. The second kappa shape index (κ2) is 10.9. The fourth-order valence-electron chi connectivity index (χ4n) is 2.92. The number of hydrogen-bond donors (Lipinski definition) is 2. The van der Waals surface area contributed by atoms with Crippen molar-refractivity contribution in [2.75, 3.05) is 52.3 Å². The molecule has 1 fully saturated rings. The highest BCUT2D eigenvalue weighted by Crippen LogP contribution is 2.30. The number of guanidine groups is 1. The Labute approximate surface area is 181 Å². The molecule has 7 heteroatoms. The zero-order valence-electron chi connectivity index (χ0n) is 17.6. The molecule has 1 atom stereocenters. The van der Waals surface area contributed by atoms with Crippen LogP contribution in [0, 0.1) is 0 Å². The Morgan fingerprint density at radius 2 is 2.04 bits per heavy atom. The summed E-state index contributed by atoms with van der Waals surface area (Å²) in [5, 5.41) is 6.98. The van der Waals surface area contributed by atoms with Crippen LogP contribution in [-0.4, -0.2) is 69.8 Å². The van der Waals surface area contributed by atoms with Crippen molar-refractivity contribution >= 4 is 35.6 Å². The number of halogens is 1. The van der Waals surface area contributed by atoms with E-state index in [2.05, 4.69) is 67.4 Å². The van der Waals surface area contributed by atoms with Gasteiger partial charge in [-0.25, -0.2) is 0 Å². The first-order valence-electron chi connectivity index (χ1n) is 9.47. The highest BCUT2D eigenvalue weighted by molar-refractivity contribution is 14.0. The third kappa shape index (κ3) is 6.71. The summed E-state index contributed by atoms with van der Waals surface area (Å²) in [7, 11) is 5.92. The van der Waals surface area contributed by atoms with Crippen molar-refractivity contribution in [2.24, 2.45) is 4.99 Å². The summed E-state index contributed by atoms with van der Waals surface area (Å²) in [4.78, 5) is 9.40. The van der Waals surface area contributed by atoms with Crippen molar-refractivity contribution in [3.8, 4) is 5.75 Å². The fraction of sp³-hybridized carbons (Fsp3) is 0.650. The zero-order valence-corrected chi connectivity index (χ0v) is 19.9. The number of ether oxygens (including phenoxy) is 1. The Bertz CT molecular complexity index is 606. The quantitative estimate of drug-likeness (QED) is 0.351. The van der Waals surface area contributed by atoms with E-state index in [9.17, 15) is 0 Å². The molecule has 1 aromatic carbocycles. The van der Waals surface area contributed by atoms with Gasteiger partial charge in [-0.15, -0.1) is 24.0 Å². The van der Waals surface area contributed by atoms with Gasteiger partial charge in [-0.3, -0.25) is 4.99 Å². The smallest absolute Gasteiger partial charge is 0.191 e. The van der Waals surface area contributed by atoms with Gasteiger partial charge < -0.3 is 25.2 Å². The number of likely N-dealkylation sites (N-methyl/N-ethyl adjacent to an activating group) is 1. The SMILES string of the molecule is CCNC(=NCC(C)(C)N(C)C)NC1CCN(c2ccccc2OC)C1.I. The first kappa shape index (κ1) is 23.8. The highest BCUT2D eigenvalue weighted by atomic mass is 127. The van der Waals surface area contributed by atoms with Gasteiger partial charge in [-0.1, -0.05) is 12.1 Å². The Morgan fingerprint density at radius 3 is 2.67 bits per heavy atom. The summed E-state index contributed by atoms with van der Waals surface area (Å²) in [6, 6.07) is 8.59. The number of methoxy groups -OCH3 is 1. The lowest BCUT2D eigenvalue weighted by Crippen LogP contribution is -2.47. The predicted octanol–water partition coefficient (Wildman–Crippen LogP) is 2.79. The largest absolute Gasteiger partial charge is 0.495 e. The molecule has 27 heavy (non-hydrogen) atoms. The number of rotatable bonds is 7. The van der Waals surface area contributed by atoms with Crippen molar-refractivity contribution in [1.29, 1.82) is 0 Å². The summed E-state index contributed by atoms with van der Waals surface area (Å²) in [5.41, 5.74) is 1.19. The van der Waals surface area contributed by atoms with Gasteiger partial charge in [0.15, 0.2) is 5.96 Å². The van der Waals surface area contributed by atoms with E-state index in [1.165, 1.54) is 0 Å². The van der Waals surface area contributed by atoms with Gasteiger partial charge in [0, 0.05) is 31.2 Å². The van der Waals surface area contributed by atoms with E-state index in [1.54, 1.807) is 7.11 Å². The zero-order chi connectivity index (χ0) is 19.2. The molecular weight excluding hydrogens is 453 g/mol. The van der Waals surface area contributed by atoms with Crippen LogP contribution in [-0.2, 0) is 0 Å². The Morgan fingerprint density at radius 1 is 1.33 bits per heavy atom. The molecule has 6 nitrogen and oxygen atoms in total. The molecule has 154 valence electrons. The van der Waals surface area contributed by atoms with Crippen LogP contribution in [0.3, 0.4) is 0 Å². The van der Waals surface area contributed by atoms with Gasteiger partial charge in [0.1, 0.15) is 5.75 Å². The van der Waals surface area contributed by atoms with Gasteiger partial charge in [0.2, 0.25) is 0 Å². The van der Waals surface area contributed by atoms with E-state index in [0.29, 0.717) is 6.04 Å². The average molecular weight is 489 g/mol. The number of aliphatic imine (C=N–C) groups is 1. The lowest BCUT2D eigenvalue weighted by Gasteiger charge is -2.31. The number of para-hydroxylation sites is 2. The van der Waals surface area contributed by atoms with Crippen LogP contribution in [0.2, 0.25) is 0 Å². The van der Waals surface area contributed by atoms with Crippen molar-refractivity contribution in [2.45, 2.75) is 38.8 Å². The minimum absolute atomic E-state index is 0. The van der Waals surface area contributed by atoms with E-state index >= 15 is 0 Å². The topological polar surface area (TPSA) is 52.1 Å². The maximum atomic E-state index is 5.51. The maximum absolute atomic E-state index is 5.51. The van der Waals surface area contributed by atoms with Crippen LogP contribution in [0.25, 0.3) is 0 Å². The van der Waals surface area contributed by atoms with E-state index in [-0.39, 0.29) is 29.5 Å². The third-order valence-electron chi connectivity index (χ3n) is 5.13. The summed E-state index contributed by atoms with van der Waals surface area (Å²) >= 11 is 0. The normalized spacial score (nSPS) is 17.7. The summed E-state index contributed by atoms with van der Waals surface area (Å²) in [5.74, 6) is 1.83. The minimum Gasteiger partial charge on any atom is -0.495 e. The fourth-order valence-corrected chi connectivity index (χ4v) is 2.92. The molecule has 0 aliphatic carbocycles. The molecule has 1 aromatic rings. The first-order chi connectivity index (χ1) is 12.4. The Balaban J connectivity index is 0.00000364. The van der Waals surface area contributed by atoms with E-state index in [4.69, 9.17) is 9.73 Å². The van der Waals surface area contributed by atoms with Crippen molar-refractivity contribution < 1.29 is 4.74 Å². The summed E-state index contributed by atoms with van der Waals surface area (Å²) < 4.78 is 5.51. The maximum Gasteiger partial charge on any atom is 0.191 e. The minimum atomic E-state index is 0. The van der Waals surface area contributed by atoms with Crippen molar-refractivity contribution in [3.63, 3.8) is 0 Å². The van der Waals surface area contributed by atoms with Crippen LogP contribution >= 0.6 is 24.0 Å². The summed E-state index contributed by atoms with van der Waals surface area (Å²) in [6.45, 7) is 10.1. The molecule has 0 radical (unpaired) electrons. The van der Waals surface area contributed by atoms with Gasteiger partial charge >= 0.3 is 0 Å². The molecule has 1 aliphatic rings. The average Bonchev–Trinajstić information content (AvgIpc) is 3.08. The molecule has 2 rings (SSSR count). The molecule has 0 bridgehead atoms. The van der Waals surface area contributed by atoms with E-state index in [1.807, 2.05) is 12.1 Å².